The number of rotatable bonds is 7. The molecule has 5 rings (SSSR count). The van der Waals surface area contributed by atoms with Gasteiger partial charge in [0.2, 0.25) is 5.91 Å². The molecule has 0 unspecified atom stereocenters. The largest absolute Gasteiger partial charge is 0.496 e. The van der Waals surface area contributed by atoms with Crippen LogP contribution in [0.1, 0.15) is 41.7 Å². The van der Waals surface area contributed by atoms with Crippen molar-refractivity contribution < 1.29 is 13.9 Å². The second-order valence-electron chi connectivity index (χ2n) is 8.93. The quantitative estimate of drug-likeness (QED) is 0.453. The normalized spacial score (nSPS) is 15.4. The Balaban J connectivity index is 1.27. The summed E-state index contributed by atoms with van der Waals surface area (Å²) in [6, 6.07) is 12.0. The molecule has 1 aliphatic rings. The third kappa shape index (κ3) is 3.98. The number of nitrogens with two attached hydrogens (primary N) is 1. The van der Waals surface area contributed by atoms with Crippen molar-refractivity contribution in [3.8, 4) is 5.75 Å². The predicted molar refractivity (Wildman–Crippen MR) is 132 cm³/mol. The van der Waals surface area contributed by atoms with Gasteiger partial charge in [-0.15, -0.1) is 0 Å². The highest BCUT2D eigenvalue weighted by Crippen LogP contribution is 2.30. The third-order valence-corrected chi connectivity index (χ3v) is 7.04. The van der Waals surface area contributed by atoms with Crippen LogP contribution in [0.4, 0.5) is 0 Å². The van der Waals surface area contributed by atoms with E-state index < -0.39 is 5.91 Å². The summed E-state index contributed by atoms with van der Waals surface area (Å²) in [4.78, 5) is 26.2. The number of hydrogen-bond acceptors (Lipinski definition) is 5. The molecule has 0 aliphatic carbocycles. The molecule has 1 amide bonds. The molecule has 3 heterocycles. The van der Waals surface area contributed by atoms with Gasteiger partial charge in [-0.25, -0.2) is 4.79 Å². The van der Waals surface area contributed by atoms with E-state index in [1.54, 1.807) is 17.7 Å². The SMILES string of the molecule is CCn1c(=O)oc2cc(OC)c(CCN3CCC(n4ccc5ccc(C(N)=O)cc54)CC3)cc21. The summed E-state index contributed by atoms with van der Waals surface area (Å²) < 4.78 is 14.9. The number of oxazole rings is 1. The summed E-state index contributed by atoms with van der Waals surface area (Å²) in [5, 5.41) is 1.12. The van der Waals surface area contributed by atoms with E-state index >= 15 is 0 Å². The molecule has 0 spiro atoms. The van der Waals surface area contributed by atoms with Gasteiger partial charge in [0.05, 0.1) is 12.6 Å². The highest BCUT2D eigenvalue weighted by molar-refractivity contribution is 5.97. The maximum absolute atomic E-state index is 12.1. The first kappa shape index (κ1) is 22.3. The Morgan fingerprint density at radius 3 is 2.65 bits per heavy atom. The fourth-order valence-corrected chi connectivity index (χ4v) is 5.14. The number of likely N-dealkylation sites (tertiary alicyclic amines) is 1. The van der Waals surface area contributed by atoms with Gasteiger partial charge >= 0.3 is 5.76 Å². The Labute approximate surface area is 197 Å². The Hall–Kier alpha value is -3.52. The van der Waals surface area contributed by atoms with E-state index in [1.807, 2.05) is 31.2 Å². The number of hydrogen-bond donors (Lipinski definition) is 1. The molecule has 0 atom stereocenters. The van der Waals surface area contributed by atoms with E-state index in [9.17, 15) is 9.59 Å². The summed E-state index contributed by atoms with van der Waals surface area (Å²) in [5.41, 5.74) is 9.55. The Kier molecular flexibility index (Phi) is 5.91. The average Bonchev–Trinajstić information content (AvgIpc) is 3.41. The Morgan fingerprint density at radius 2 is 1.94 bits per heavy atom. The van der Waals surface area contributed by atoms with Crippen LogP contribution in [0.3, 0.4) is 0 Å². The first-order chi connectivity index (χ1) is 16.5. The molecule has 0 radical (unpaired) electrons. The molecular formula is C26H30N4O4. The van der Waals surface area contributed by atoms with Crippen LogP contribution in [-0.2, 0) is 13.0 Å². The molecule has 2 aromatic carbocycles. The average molecular weight is 463 g/mol. The number of amides is 1. The van der Waals surface area contributed by atoms with E-state index in [4.69, 9.17) is 14.9 Å². The first-order valence-electron chi connectivity index (χ1n) is 11.8. The van der Waals surface area contributed by atoms with Crippen LogP contribution in [0.5, 0.6) is 5.75 Å². The second kappa shape index (κ2) is 9.02. The molecule has 2 aromatic heterocycles. The lowest BCUT2D eigenvalue weighted by atomic mass is 10.0. The number of methoxy groups -OCH3 is 1. The van der Waals surface area contributed by atoms with Crippen LogP contribution < -0.4 is 16.2 Å². The fraction of sp³-hybridized carbons (Fsp3) is 0.385. The monoisotopic (exact) mass is 462 g/mol. The molecule has 2 N–H and O–H groups in total. The van der Waals surface area contributed by atoms with Gasteiger partial charge in [-0.3, -0.25) is 9.36 Å². The van der Waals surface area contributed by atoms with E-state index in [-0.39, 0.29) is 5.76 Å². The molecule has 8 nitrogen and oxygen atoms in total. The van der Waals surface area contributed by atoms with Gasteiger partial charge in [-0.1, -0.05) is 6.07 Å². The lowest BCUT2D eigenvalue weighted by Crippen LogP contribution is -2.35. The lowest BCUT2D eigenvalue weighted by molar-refractivity contribution is 0.100. The van der Waals surface area contributed by atoms with E-state index in [2.05, 4.69) is 21.7 Å². The van der Waals surface area contributed by atoms with Crippen LogP contribution in [0.25, 0.3) is 22.0 Å². The number of aromatic nitrogens is 2. The Bertz CT molecular complexity index is 1410. The van der Waals surface area contributed by atoms with Crippen molar-refractivity contribution in [3.63, 3.8) is 0 Å². The molecule has 34 heavy (non-hydrogen) atoms. The number of aryl methyl sites for hydroxylation is 1. The summed E-state index contributed by atoms with van der Waals surface area (Å²) in [7, 11) is 1.65. The molecule has 4 aromatic rings. The summed E-state index contributed by atoms with van der Waals surface area (Å²) in [6.45, 7) is 5.42. The lowest BCUT2D eigenvalue weighted by Gasteiger charge is -2.33. The van der Waals surface area contributed by atoms with Crippen LogP contribution in [0, 0.1) is 0 Å². The number of fused-ring (bicyclic) bond motifs is 2. The van der Waals surface area contributed by atoms with Crippen molar-refractivity contribution >= 4 is 27.9 Å². The topological polar surface area (TPSA) is 95.6 Å². The fourth-order valence-electron chi connectivity index (χ4n) is 5.14. The molecule has 0 bridgehead atoms. The maximum atomic E-state index is 12.1. The summed E-state index contributed by atoms with van der Waals surface area (Å²) in [5.74, 6) is 0.0205. The van der Waals surface area contributed by atoms with Crippen molar-refractivity contribution in [3.05, 3.63) is 64.3 Å². The Morgan fingerprint density at radius 1 is 1.15 bits per heavy atom. The molecule has 178 valence electrons. The minimum absolute atomic E-state index is 0.334. The van der Waals surface area contributed by atoms with Crippen molar-refractivity contribution in [1.29, 1.82) is 0 Å². The number of carbonyl (C=O) groups is 1. The first-order valence-corrected chi connectivity index (χ1v) is 11.8. The van der Waals surface area contributed by atoms with Gasteiger partial charge in [-0.2, -0.15) is 0 Å². The highest BCUT2D eigenvalue weighted by Gasteiger charge is 2.22. The molecule has 1 fully saturated rings. The summed E-state index contributed by atoms with van der Waals surface area (Å²) >= 11 is 0. The van der Waals surface area contributed by atoms with Crippen LogP contribution in [0.15, 0.2) is 51.8 Å². The van der Waals surface area contributed by atoms with Gasteiger partial charge in [0, 0.05) is 55.6 Å². The number of ether oxygens (including phenoxy) is 1. The number of nitrogens with zero attached hydrogens (tertiary/aromatic N) is 3. The third-order valence-electron chi connectivity index (χ3n) is 7.04. The van der Waals surface area contributed by atoms with Gasteiger partial charge < -0.3 is 24.4 Å². The highest BCUT2D eigenvalue weighted by atomic mass is 16.5. The van der Waals surface area contributed by atoms with Crippen LogP contribution in [0.2, 0.25) is 0 Å². The van der Waals surface area contributed by atoms with Crippen molar-refractivity contribution in [1.82, 2.24) is 14.0 Å². The maximum Gasteiger partial charge on any atom is 0.419 e. The predicted octanol–water partition coefficient (Wildman–Crippen LogP) is 3.56. The van der Waals surface area contributed by atoms with Gasteiger partial charge in [0.25, 0.3) is 0 Å². The van der Waals surface area contributed by atoms with E-state index in [1.165, 1.54) is 0 Å². The second-order valence-corrected chi connectivity index (χ2v) is 8.93. The minimum atomic E-state index is -0.399. The van der Waals surface area contributed by atoms with Gasteiger partial charge in [-0.05, 0) is 61.4 Å². The van der Waals surface area contributed by atoms with Crippen molar-refractivity contribution in [2.75, 3.05) is 26.7 Å². The molecular weight excluding hydrogens is 432 g/mol. The van der Waals surface area contributed by atoms with Gasteiger partial charge in [0.15, 0.2) is 5.58 Å². The number of primary amides is 1. The van der Waals surface area contributed by atoms with Gasteiger partial charge in [0.1, 0.15) is 5.75 Å². The van der Waals surface area contributed by atoms with Crippen LogP contribution in [-0.4, -0.2) is 46.7 Å². The molecule has 1 saturated heterocycles. The zero-order valence-corrected chi connectivity index (χ0v) is 19.6. The van der Waals surface area contributed by atoms with E-state index in [0.717, 1.165) is 66.6 Å². The minimum Gasteiger partial charge on any atom is -0.496 e. The summed E-state index contributed by atoms with van der Waals surface area (Å²) in [6.07, 6.45) is 5.03. The number of piperidine rings is 1. The van der Waals surface area contributed by atoms with Crippen molar-refractivity contribution in [2.45, 2.75) is 38.8 Å². The standard InChI is InChI=1S/C26H30N4O4/c1-3-29-22-14-18(23(33-2)16-24(22)34-26(29)32)6-10-28-11-8-20(9-12-28)30-13-7-17-4-5-19(25(27)31)15-21(17)30/h4-5,7,13-16,20H,3,6,8-12H2,1-2H3,(H2,27,31). The zero-order valence-electron chi connectivity index (χ0n) is 19.6. The van der Waals surface area contributed by atoms with E-state index in [0.29, 0.717) is 23.7 Å². The van der Waals surface area contributed by atoms with Crippen LogP contribution >= 0.6 is 0 Å². The molecule has 8 heteroatoms. The molecule has 0 saturated carbocycles. The van der Waals surface area contributed by atoms with Crippen molar-refractivity contribution in [2.24, 2.45) is 5.73 Å². The number of carbonyl (C=O) groups excluding carboxylic acids is 1. The molecule has 1 aliphatic heterocycles. The zero-order chi connectivity index (χ0) is 23.8. The number of benzene rings is 2. The smallest absolute Gasteiger partial charge is 0.419 e.